The molecule has 0 aromatic heterocycles. The van der Waals surface area contributed by atoms with E-state index in [0.29, 0.717) is 19.4 Å². The van der Waals surface area contributed by atoms with Gasteiger partial charge < -0.3 is 20.7 Å². The van der Waals surface area contributed by atoms with Gasteiger partial charge in [0.15, 0.2) is 0 Å². The lowest BCUT2D eigenvalue weighted by Crippen LogP contribution is -2.58. The lowest BCUT2D eigenvalue weighted by molar-refractivity contribution is -0.274. The number of carbonyl (C=O) groups is 3. The van der Waals surface area contributed by atoms with Gasteiger partial charge in [0.2, 0.25) is 27.7 Å². The van der Waals surface area contributed by atoms with Crippen LogP contribution in [-0.2, 0) is 26.2 Å². The van der Waals surface area contributed by atoms with Gasteiger partial charge in [0.05, 0.1) is 12.2 Å². The van der Waals surface area contributed by atoms with E-state index in [4.69, 9.17) is 5.73 Å². The van der Waals surface area contributed by atoms with E-state index in [1.54, 1.807) is 0 Å². The van der Waals surface area contributed by atoms with Crippen LogP contribution in [0.2, 0.25) is 0 Å². The molecular weight excluding hydrogens is 481 g/mol. The molecule has 0 spiro atoms. The van der Waals surface area contributed by atoms with Crippen LogP contribution in [0.5, 0.6) is 5.75 Å². The summed E-state index contributed by atoms with van der Waals surface area (Å²) in [5, 5.41) is 2.53. The number of alkyl halides is 3. The van der Waals surface area contributed by atoms with Crippen molar-refractivity contribution in [3.8, 4) is 5.75 Å². The average Bonchev–Trinajstić information content (AvgIpc) is 2.69. The summed E-state index contributed by atoms with van der Waals surface area (Å²) >= 11 is 0. The highest BCUT2D eigenvalue weighted by atomic mass is 32.2. The Morgan fingerprint density at radius 1 is 1.24 bits per heavy atom. The molecule has 0 bridgehead atoms. The average molecular weight is 509 g/mol. The number of piperidine rings is 1. The molecule has 0 radical (unpaired) electrons. The highest BCUT2D eigenvalue weighted by Crippen LogP contribution is 2.28. The number of hydrogen-bond acceptors (Lipinski definition) is 6. The predicted molar refractivity (Wildman–Crippen MR) is 115 cm³/mol. The maximum absolute atomic E-state index is 12.8. The van der Waals surface area contributed by atoms with E-state index in [2.05, 4.69) is 14.8 Å². The van der Waals surface area contributed by atoms with E-state index in [1.165, 1.54) is 30.9 Å². The van der Waals surface area contributed by atoms with E-state index in [-0.39, 0.29) is 24.2 Å². The normalized spacial score (nSPS) is 17.2. The Labute approximate surface area is 195 Å². The van der Waals surface area contributed by atoms with Gasteiger partial charge in [0.1, 0.15) is 11.3 Å². The summed E-state index contributed by atoms with van der Waals surface area (Å²) in [6, 6.07) is 3.25. The zero-order chi connectivity index (χ0) is 25.9. The molecule has 1 aromatic carbocycles. The Balaban J connectivity index is 2.09. The van der Waals surface area contributed by atoms with Gasteiger partial charge in [-0.2, -0.15) is 0 Å². The number of benzene rings is 1. The maximum Gasteiger partial charge on any atom is 0.573 e. The van der Waals surface area contributed by atoms with Crippen molar-refractivity contribution in [2.24, 2.45) is 11.7 Å². The van der Waals surface area contributed by atoms with Crippen molar-refractivity contribution in [2.45, 2.75) is 45.1 Å². The van der Waals surface area contributed by atoms with Crippen LogP contribution in [0.4, 0.5) is 13.2 Å². The molecular formula is C20H27F3N4O6S. The molecule has 190 valence electrons. The quantitative estimate of drug-likeness (QED) is 0.475. The summed E-state index contributed by atoms with van der Waals surface area (Å²) in [5.74, 6) is -3.26. The van der Waals surface area contributed by atoms with E-state index >= 15 is 0 Å². The smallest absolute Gasteiger partial charge is 0.405 e. The summed E-state index contributed by atoms with van der Waals surface area (Å²) in [5.41, 5.74) is 3.46. The third-order valence-electron chi connectivity index (χ3n) is 5.09. The van der Waals surface area contributed by atoms with Crippen molar-refractivity contribution in [3.05, 3.63) is 29.3 Å². The van der Waals surface area contributed by atoms with E-state index < -0.39 is 51.3 Å². The Morgan fingerprint density at radius 2 is 1.88 bits per heavy atom. The topological polar surface area (TPSA) is 148 Å². The van der Waals surface area contributed by atoms with Gasteiger partial charge in [-0.3, -0.25) is 14.4 Å². The molecule has 10 nitrogen and oxygen atoms in total. The van der Waals surface area contributed by atoms with Gasteiger partial charge in [0.25, 0.3) is 0 Å². The molecule has 1 heterocycles. The number of primary amides is 1. The van der Waals surface area contributed by atoms with Crippen molar-refractivity contribution < 1.29 is 40.7 Å². The number of nitrogens with two attached hydrogens (primary N) is 1. The molecule has 0 saturated carbocycles. The molecule has 4 N–H and O–H groups in total. The monoisotopic (exact) mass is 508 g/mol. The Bertz CT molecular complexity index is 1060. The number of sulfonamides is 1. The Kier molecular flexibility index (Phi) is 8.19. The van der Waals surface area contributed by atoms with Crippen molar-refractivity contribution in [2.75, 3.05) is 19.3 Å². The summed E-state index contributed by atoms with van der Waals surface area (Å²) in [4.78, 5) is 38.2. The van der Waals surface area contributed by atoms with Gasteiger partial charge in [-0.05, 0) is 38.8 Å². The number of hydrogen-bond donors (Lipinski definition) is 3. The molecule has 0 aliphatic carbocycles. The number of carbonyl (C=O) groups excluding carboxylic acids is 3. The first-order valence-corrected chi connectivity index (χ1v) is 12.1. The van der Waals surface area contributed by atoms with Crippen molar-refractivity contribution in [3.63, 3.8) is 0 Å². The number of rotatable bonds is 8. The van der Waals surface area contributed by atoms with E-state index in [9.17, 15) is 36.0 Å². The molecule has 3 amide bonds. The standard InChI is InChI=1S/C20H27F3N4O6S/c1-19(2,26-34(3,31)32)18(30)27-8-4-5-14(11-27)17(29)25-10-13-7-6-12(16(24)28)9-15(13)33-20(21,22)23/h6-7,9,14,26H,4-5,8,10-11H2,1-3H3,(H2,24,28)(H,25,29). The zero-order valence-electron chi connectivity index (χ0n) is 18.9. The molecule has 14 heteroatoms. The second-order valence-electron chi connectivity index (χ2n) is 8.54. The lowest BCUT2D eigenvalue weighted by atomic mass is 9.94. The number of amides is 3. The minimum absolute atomic E-state index is 0.0199. The fraction of sp³-hybridized carbons (Fsp3) is 0.550. The van der Waals surface area contributed by atoms with Gasteiger partial charge in [-0.15, -0.1) is 13.2 Å². The van der Waals surface area contributed by atoms with Gasteiger partial charge in [-0.1, -0.05) is 6.07 Å². The highest BCUT2D eigenvalue weighted by molar-refractivity contribution is 7.88. The zero-order valence-corrected chi connectivity index (χ0v) is 19.7. The minimum atomic E-state index is -5.02. The fourth-order valence-corrected chi connectivity index (χ4v) is 4.69. The Hall–Kier alpha value is -2.87. The first-order chi connectivity index (χ1) is 15.5. The molecule has 1 atom stereocenters. The van der Waals surface area contributed by atoms with Crippen molar-refractivity contribution >= 4 is 27.7 Å². The lowest BCUT2D eigenvalue weighted by Gasteiger charge is -2.37. The fourth-order valence-electron chi connectivity index (χ4n) is 3.68. The van der Waals surface area contributed by atoms with Crippen LogP contribution in [0.25, 0.3) is 0 Å². The number of ether oxygens (including phenoxy) is 1. The third kappa shape index (κ3) is 7.87. The van der Waals surface area contributed by atoms with Crippen LogP contribution in [-0.4, -0.2) is 62.3 Å². The predicted octanol–water partition coefficient (Wildman–Crippen LogP) is 0.867. The molecule has 1 aliphatic heterocycles. The van der Waals surface area contributed by atoms with Crippen LogP contribution in [0, 0.1) is 5.92 Å². The second kappa shape index (κ2) is 10.2. The van der Waals surface area contributed by atoms with E-state index in [1.807, 2.05) is 0 Å². The van der Waals surface area contributed by atoms with Crippen LogP contribution < -0.4 is 20.5 Å². The van der Waals surface area contributed by atoms with Crippen LogP contribution >= 0.6 is 0 Å². The van der Waals surface area contributed by atoms with Gasteiger partial charge in [-0.25, -0.2) is 13.1 Å². The summed E-state index contributed by atoms with van der Waals surface area (Å²) in [7, 11) is -3.66. The SMILES string of the molecule is CC(C)(NS(C)(=O)=O)C(=O)N1CCCC(C(=O)NCc2ccc(C(N)=O)cc2OC(F)(F)F)C1. The summed E-state index contributed by atoms with van der Waals surface area (Å²) < 4.78 is 67.6. The van der Waals surface area contributed by atoms with Crippen LogP contribution in [0.15, 0.2) is 18.2 Å². The molecule has 1 aliphatic rings. The number of nitrogens with zero attached hydrogens (tertiary/aromatic N) is 1. The minimum Gasteiger partial charge on any atom is -0.405 e. The second-order valence-corrected chi connectivity index (χ2v) is 10.3. The highest BCUT2D eigenvalue weighted by Gasteiger charge is 2.38. The van der Waals surface area contributed by atoms with Crippen molar-refractivity contribution in [1.29, 1.82) is 0 Å². The largest absolute Gasteiger partial charge is 0.573 e. The van der Waals surface area contributed by atoms with Crippen LogP contribution in [0.1, 0.15) is 42.6 Å². The molecule has 1 unspecified atom stereocenters. The third-order valence-corrected chi connectivity index (χ3v) is 5.97. The number of nitrogens with one attached hydrogen (secondary N) is 2. The molecule has 2 rings (SSSR count). The molecule has 1 fully saturated rings. The van der Waals surface area contributed by atoms with Gasteiger partial charge >= 0.3 is 6.36 Å². The first-order valence-electron chi connectivity index (χ1n) is 10.2. The van der Waals surface area contributed by atoms with E-state index in [0.717, 1.165) is 12.3 Å². The maximum atomic E-state index is 12.8. The van der Waals surface area contributed by atoms with Crippen molar-refractivity contribution in [1.82, 2.24) is 14.9 Å². The molecule has 34 heavy (non-hydrogen) atoms. The molecule has 1 aromatic rings. The summed E-state index contributed by atoms with van der Waals surface area (Å²) in [6.07, 6.45) is -3.18. The Morgan fingerprint density at radius 3 is 2.44 bits per heavy atom. The first kappa shape index (κ1) is 27.4. The number of likely N-dealkylation sites (tertiary alicyclic amines) is 1. The van der Waals surface area contributed by atoms with Crippen LogP contribution in [0.3, 0.4) is 0 Å². The number of halogens is 3. The molecule has 1 saturated heterocycles. The summed E-state index contributed by atoms with van der Waals surface area (Å²) in [6.45, 7) is 2.85. The van der Waals surface area contributed by atoms with Gasteiger partial charge in [0, 0.05) is 30.8 Å².